The zero-order valence-corrected chi connectivity index (χ0v) is 34.0. The lowest BCUT2D eigenvalue weighted by molar-refractivity contribution is -0.147. The number of methoxy groups -OCH3 is 2. The number of ether oxygens (including phenoxy) is 2. The van der Waals surface area contributed by atoms with E-state index in [1.165, 1.54) is 0 Å². The summed E-state index contributed by atoms with van der Waals surface area (Å²) in [6.45, 7) is 14.7. The topological polar surface area (TPSA) is 142 Å². The maximum Gasteiger partial charge on any atom is 0.245 e. The molecular weight excluding hydrogens is 672 g/mol. The number of para-hydroxylation sites is 1. The Kier molecular flexibility index (Phi) is 17.1. The minimum atomic E-state index is -0.746. The molecule has 8 atom stereocenters. The lowest BCUT2D eigenvalue weighted by Gasteiger charge is -2.41. The molecule has 0 unspecified atom stereocenters. The molecule has 53 heavy (non-hydrogen) atoms. The maximum atomic E-state index is 14.2. The number of hydrogen-bond acceptors (Lipinski definition) is 8. The van der Waals surface area contributed by atoms with Crippen LogP contribution in [0.4, 0.5) is 0 Å². The van der Waals surface area contributed by atoms with Crippen LogP contribution in [0, 0.1) is 23.7 Å². The third-order valence-corrected chi connectivity index (χ3v) is 11.2. The van der Waals surface area contributed by atoms with E-state index in [1.54, 1.807) is 39.4 Å². The third-order valence-electron chi connectivity index (χ3n) is 11.2. The van der Waals surface area contributed by atoms with Crippen molar-refractivity contribution >= 4 is 34.5 Å². The molecule has 0 saturated carbocycles. The normalized spacial score (nSPS) is 18.7. The summed E-state index contributed by atoms with van der Waals surface area (Å²) in [5.41, 5.74) is 2.04. The molecule has 0 bridgehead atoms. The number of hydrogen-bond donors (Lipinski definition) is 3. The largest absolute Gasteiger partial charge is 0.379 e. The molecule has 0 radical (unpaired) electrons. The Hall–Kier alpha value is -3.61. The number of likely N-dealkylation sites (tertiary alicyclic amines) is 1. The van der Waals surface area contributed by atoms with Crippen molar-refractivity contribution in [2.24, 2.45) is 23.7 Å². The number of nitrogens with zero attached hydrogens (tertiary/aromatic N) is 3. The fourth-order valence-electron chi connectivity index (χ4n) is 7.90. The Bertz CT molecular complexity index is 1500. The standard InChI is InChI=1S/C41H66N6O6/c1-12-27(6)37(46(9)41(51)36(26(4)5)45-40(50)35(42-8)25(2)3)33(52-10)24-34(48)47-23-15-18-32(47)38(53-11)28(7)39(49)44-22-20-29-19-21-43-31-17-14-13-16-30(29)31/h13-14,16-17,19,21,25-28,32-33,35-38,42H,12,15,18,20,22-24H2,1-11H3,(H,44,49)(H,45,50)/t27-,28+,32-,33+,35-,36-,37-,38+/m0/s1. The number of nitrogens with one attached hydrogen (secondary N) is 3. The van der Waals surface area contributed by atoms with Crippen LogP contribution in [0.5, 0.6) is 0 Å². The average molecular weight is 739 g/mol. The van der Waals surface area contributed by atoms with Gasteiger partial charge >= 0.3 is 0 Å². The fraction of sp³-hybridized carbons (Fsp3) is 0.683. The third kappa shape index (κ3) is 11.0. The summed E-state index contributed by atoms with van der Waals surface area (Å²) in [4.78, 5) is 62.9. The summed E-state index contributed by atoms with van der Waals surface area (Å²) in [7, 11) is 6.66. The highest BCUT2D eigenvalue weighted by molar-refractivity contribution is 5.90. The molecular formula is C41H66N6O6. The fourth-order valence-corrected chi connectivity index (χ4v) is 7.90. The second-order valence-electron chi connectivity index (χ2n) is 15.4. The summed E-state index contributed by atoms with van der Waals surface area (Å²) in [6.07, 6.45) is 3.69. The van der Waals surface area contributed by atoms with E-state index in [9.17, 15) is 19.2 Å². The summed E-state index contributed by atoms with van der Waals surface area (Å²) >= 11 is 0. The molecule has 1 saturated heterocycles. The number of likely N-dealkylation sites (N-methyl/N-ethyl adjacent to an activating group) is 2. The van der Waals surface area contributed by atoms with Crippen LogP contribution in [-0.4, -0.2) is 116 Å². The van der Waals surface area contributed by atoms with E-state index in [4.69, 9.17) is 9.47 Å². The van der Waals surface area contributed by atoms with Crippen LogP contribution < -0.4 is 16.0 Å². The van der Waals surface area contributed by atoms with Gasteiger partial charge in [0.1, 0.15) is 6.04 Å². The van der Waals surface area contributed by atoms with Crippen molar-refractivity contribution in [1.82, 2.24) is 30.7 Å². The first kappa shape index (κ1) is 43.8. The van der Waals surface area contributed by atoms with Gasteiger partial charge in [-0.3, -0.25) is 24.2 Å². The molecule has 4 amide bonds. The van der Waals surface area contributed by atoms with Crippen molar-refractivity contribution < 1.29 is 28.7 Å². The molecule has 1 aliphatic heterocycles. The average Bonchev–Trinajstić information content (AvgIpc) is 3.63. The van der Waals surface area contributed by atoms with Gasteiger partial charge in [0.25, 0.3) is 0 Å². The van der Waals surface area contributed by atoms with Crippen molar-refractivity contribution in [3.63, 3.8) is 0 Å². The first-order valence-corrected chi connectivity index (χ1v) is 19.4. The van der Waals surface area contributed by atoms with E-state index >= 15 is 0 Å². The van der Waals surface area contributed by atoms with Gasteiger partial charge < -0.3 is 35.2 Å². The molecule has 1 aromatic heterocycles. The van der Waals surface area contributed by atoms with Crippen molar-refractivity contribution in [2.45, 2.75) is 117 Å². The second-order valence-corrected chi connectivity index (χ2v) is 15.4. The number of fused-ring (bicyclic) bond motifs is 1. The highest BCUT2D eigenvalue weighted by Crippen LogP contribution is 2.30. The molecule has 12 nitrogen and oxygen atoms in total. The van der Waals surface area contributed by atoms with E-state index in [0.717, 1.165) is 35.7 Å². The van der Waals surface area contributed by atoms with E-state index in [2.05, 4.69) is 34.8 Å². The molecule has 0 spiro atoms. The van der Waals surface area contributed by atoms with Crippen LogP contribution in [0.1, 0.15) is 79.7 Å². The van der Waals surface area contributed by atoms with Gasteiger partial charge in [0.2, 0.25) is 23.6 Å². The van der Waals surface area contributed by atoms with Gasteiger partial charge in [0.15, 0.2) is 0 Å². The highest BCUT2D eigenvalue weighted by Gasteiger charge is 2.43. The Morgan fingerprint density at radius 3 is 2.25 bits per heavy atom. The lowest BCUT2D eigenvalue weighted by Crippen LogP contribution is -2.59. The monoisotopic (exact) mass is 739 g/mol. The van der Waals surface area contributed by atoms with Crippen LogP contribution >= 0.6 is 0 Å². The quantitative estimate of drug-likeness (QED) is 0.184. The minimum absolute atomic E-state index is 0.000823. The van der Waals surface area contributed by atoms with Crippen LogP contribution in [0.2, 0.25) is 0 Å². The minimum Gasteiger partial charge on any atom is -0.379 e. The van der Waals surface area contributed by atoms with E-state index < -0.39 is 36.3 Å². The van der Waals surface area contributed by atoms with Crippen molar-refractivity contribution in [2.75, 3.05) is 41.4 Å². The van der Waals surface area contributed by atoms with Gasteiger partial charge in [-0.2, -0.15) is 0 Å². The lowest BCUT2D eigenvalue weighted by atomic mass is 9.89. The molecule has 1 aromatic carbocycles. The van der Waals surface area contributed by atoms with Crippen LogP contribution in [0.15, 0.2) is 36.5 Å². The Morgan fingerprint density at radius 1 is 0.962 bits per heavy atom. The molecule has 12 heteroatoms. The Labute approximate surface area is 317 Å². The first-order valence-electron chi connectivity index (χ1n) is 19.4. The van der Waals surface area contributed by atoms with E-state index in [0.29, 0.717) is 19.5 Å². The second kappa shape index (κ2) is 20.7. The first-order chi connectivity index (χ1) is 25.2. The smallest absolute Gasteiger partial charge is 0.245 e. The van der Waals surface area contributed by atoms with Crippen molar-refractivity contribution in [3.05, 3.63) is 42.1 Å². The SMILES string of the molecule is CC[C@H](C)[C@@H]([C@@H](CC(=O)N1CCC[C@H]1[C@H](OC)[C@@H](C)C(=O)NCCc1ccnc2ccccc12)OC)N(C)C(=O)[C@@H](NC(=O)[C@@H](NC)C(C)C)C(C)C. The predicted molar refractivity (Wildman–Crippen MR) is 209 cm³/mol. The summed E-state index contributed by atoms with van der Waals surface area (Å²) < 4.78 is 12.0. The zero-order valence-electron chi connectivity index (χ0n) is 34.0. The molecule has 296 valence electrons. The summed E-state index contributed by atoms with van der Waals surface area (Å²) in [5, 5.41) is 10.2. The highest BCUT2D eigenvalue weighted by atomic mass is 16.5. The number of aromatic nitrogens is 1. The number of amides is 4. The summed E-state index contributed by atoms with van der Waals surface area (Å²) in [6, 6.07) is 8.07. The number of benzene rings is 1. The Morgan fingerprint density at radius 2 is 1.64 bits per heavy atom. The maximum absolute atomic E-state index is 14.2. The molecule has 1 aliphatic rings. The number of rotatable bonds is 20. The molecule has 2 heterocycles. The van der Waals surface area contributed by atoms with E-state index in [-0.39, 0.29) is 53.8 Å². The summed E-state index contributed by atoms with van der Waals surface area (Å²) in [5.74, 6) is -1.28. The molecule has 3 N–H and O–H groups in total. The van der Waals surface area contributed by atoms with Crippen molar-refractivity contribution in [3.8, 4) is 0 Å². The van der Waals surface area contributed by atoms with Crippen molar-refractivity contribution in [1.29, 1.82) is 0 Å². The van der Waals surface area contributed by atoms with Crippen LogP contribution in [0.25, 0.3) is 10.9 Å². The zero-order chi connectivity index (χ0) is 39.4. The Balaban J connectivity index is 1.72. The van der Waals surface area contributed by atoms with Gasteiger partial charge in [0, 0.05) is 45.9 Å². The van der Waals surface area contributed by atoms with E-state index in [1.807, 2.05) is 69.9 Å². The van der Waals surface area contributed by atoms with Gasteiger partial charge in [-0.05, 0) is 61.8 Å². The molecule has 1 fully saturated rings. The molecule has 0 aliphatic carbocycles. The van der Waals surface area contributed by atoms with Gasteiger partial charge in [0.05, 0.1) is 48.2 Å². The molecule has 2 aromatic rings. The van der Waals surface area contributed by atoms with Gasteiger partial charge in [-0.25, -0.2) is 0 Å². The van der Waals surface area contributed by atoms with Gasteiger partial charge in [-0.15, -0.1) is 0 Å². The van der Waals surface area contributed by atoms with Crippen LogP contribution in [0.3, 0.4) is 0 Å². The van der Waals surface area contributed by atoms with Gasteiger partial charge in [-0.1, -0.05) is 73.1 Å². The number of carbonyl (C=O) groups is 4. The predicted octanol–water partition coefficient (Wildman–Crippen LogP) is 4.20. The molecule has 3 rings (SSSR count). The number of pyridine rings is 1. The number of carbonyl (C=O) groups excluding carboxylic acids is 4. The van der Waals surface area contributed by atoms with Crippen LogP contribution in [-0.2, 0) is 35.1 Å².